The monoisotopic (exact) mass is 248 g/mol. The molecule has 2 rings (SSSR count). The van der Waals surface area contributed by atoms with E-state index in [1.54, 1.807) is 0 Å². The van der Waals surface area contributed by atoms with Crippen molar-refractivity contribution in [1.29, 1.82) is 0 Å². The maximum absolute atomic E-state index is 9.30. The summed E-state index contributed by atoms with van der Waals surface area (Å²) in [4.78, 5) is 4.48. The molecule has 100 valence electrons. The molecule has 3 heteroatoms. The summed E-state index contributed by atoms with van der Waals surface area (Å²) in [6.45, 7) is 6.85. The van der Waals surface area contributed by atoms with E-state index in [1.807, 2.05) is 12.3 Å². The van der Waals surface area contributed by atoms with Crippen LogP contribution in [0.1, 0.15) is 45.6 Å². The third kappa shape index (κ3) is 3.02. The van der Waals surface area contributed by atoms with Crippen LogP contribution in [0, 0.1) is 5.92 Å². The van der Waals surface area contributed by atoms with Crippen LogP contribution in [0.25, 0.3) is 0 Å². The maximum atomic E-state index is 9.30. The molecule has 0 saturated heterocycles. The lowest BCUT2D eigenvalue weighted by atomic mass is 9.88. The highest BCUT2D eigenvalue weighted by molar-refractivity contribution is 5.38. The minimum absolute atomic E-state index is 0.145. The zero-order valence-corrected chi connectivity index (χ0v) is 11.6. The topological polar surface area (TPSA) is 45.1 Å². The van der Waals surface area contributed by atoms with Crippen LogP contribution < -0.4 is 5.32 Å². The Kier molecular flexibility index (Phi) is 3.91. The first-order valence-electron chi connectivity index (χ1n) is 6.84. The molecule has 1 fully saturated rings. The van der Waals surface area contributed by atoms with Crippen LogP contribution >= 0.6 is 0 Å². The van der Waals surface area contributed by atoms with Crippen molar-refractivity contribution >= 4 is 5.82 Å². The van der Waals surface area contributed by atoms with Gasteiger partial charge >= 0.3 is 0 Å². The van der Waals surface area contributed by atoms with Gasteiger partial charge in [-0.15, -0.1) is 0 Å². The van der Waals surface area contributed by atoms with Crippen LogP contribution in [0.5, 0.6) is 0 Å². The highest BCUT2D eigenvalue weighted by Gasteiger charge is 2.26. The second-order valence-corrected chi connectivity index (χ2v) is 6.31. The highest BCUT2D eigenvalue weighted by Crippen LogP contribution is 2.28. The van der Waals surface area contributed by atoms with Gasteiger partial charge in [0.2, 0.25) is 0 Å². The number of nitrogens with zero attached hydrogens (tertiary/aromatic N) is 1. The molecule has 2 unspecified atom stereocenters. The third-order valence-corrected chi connectivity index (χ3v) is 3.86. The molecule has 2 atom stereocenters. The summed E-state index contributed by atoms with van der Waals surface area (Å²) >= 11 is 0. The Morgan fingerprint density at radius 2 is 2.11 bits per heavy atom. The van der Waals surface area contributed by atoms with Crippen molar-refractivity contribution < 1.29 is 5.11 Å². The van der Waals surface area contributed by atoms with E-state index < -0.39 is 0 Å². The second-order valence-electron chi connectivity index (χ2n) is 6.31. The molecular weight excluding hydrogens is 224 g/mol. The number of anilines is 1. The fourth-order valence-corrected chi connectivity index (χ4v) is 2.56. The fourth-order valence-electron chi connectivity index (χ4n) is 2.56. The van der Waals surface area contributed by atoms with Crippen LogP contribution in [-0.2, 0) is 5.41 Å². The van der Waals surface area contributed by atoms with E-state index in [9.17, 15) is 5.11 Å². The highest BCUT2D eigenvalue weighted by atomic mass is 16.3. The fraction of sp³-hybridized carbons (Fsp3) is 0.667. The quantitative estimate of drug-likeness (QED) is 0.864. The van der Waals surface area contributed by atoms with Crippen molar-refractivity contribution in [2.24, 2.45) is 5.92 Å². The Morgan fingerprint density at radius 3 is 2.67 bits per heavy atom. The predicted octanol–water partition coefficient (Wildman–Crippen LogP) is 2.95. The van der Waals surface area contributed by atoms with Crippen molar-refractivity contribution in [3.63, 3.8) is 0 Å². The van der Waals surface area contributed by atoms with Crippen LogP contribution in [0.2, 0.25) is 0 Å². The second kappa shape index (κ2) is 5.27. The number of hydrogen-bond donors (Lipinski definition) is 2. The number of hydrogen-bond acceptors (Lipinski definition) is 3. The number of aliphatic hydroxyl groups is 1. The van der Waals surface area contributed by atoms with Gasteiger partial charge < -0.3 is 10.4 Å². The molecule has 0 aromatic carbocycles. The predicted molar refractivity (Wildman–Crippen MR) is 74.8 cm³/mol. The molecule has 1 heterocycles. The van der Waals surface area contributed by atoms with E-state index in [2.05, 4.69) is 37.1 Å². The Hall–Kier alpha value is -1.09. The van der Waals surface area contributed by atoms with Crippen LogP contribution in [0.3, 0.4) is 0 Å². The SMILES string of the molecule is CC(C)(C)c1ccc(NC2CCCC2CO)nc1. The van der Waals surface area contributed by atoms with E-state index in [4.69, 9.17) is 0 Å². The number of pyridine rings is 1. The van der Waals surface area contributed by atoms with Gasteiger partial charge in [0.1, 0.15) is 5.82 Å². The first-order valence-corrected chi connectivity index (χ1v) is 6.84. The lowest BCUT2D eigenvalue weighted by Crippen LogP contribution is -2.26. The maximum Gasteiger partial charge on any atom is 0.126 e. The molecule has 2 N–H and O–H groups in total. The van der Waals surface area contributed by atoms with Crippen LogP contribution in [-0.4, -0.2) is 22.7 Å². The minimum atomic E-state index is 0.145. The van der Waals surface area contributed by atoms with Gasteiger partial charge in [-0.2, -0.15) is 0 Å². The van der Waals surface area contributed by atoms with E-state index in [0.29, 0.717) is 12.0 Å². The Morgan fingerprint density at radius 1 is 1.33 bits per heavy atom. The lowest BCUT2D eigenvalue weighted by Gasteiger charge is -2.21. The van der Waals surface area contributed by atoms with E-state index in [0.717, 1.165) is 18.7 Å². The van der Waals surface area contributed by atoms with Crippen molar-refractivity contribution in [2.45, 2.75) is 51.5 Å². The number of nitrogens with one attached hydrogen (secondary N) is 1. The Balaban J connectivity index is 2.02. The van der Waals surface area contributed by atoms with Gasteiger partial charge in [-0.25, -0.2) is 4.98 Å². The first kappa shape index (κ1) is 13.3. The van der Waals surface area contributed by atoms with Gasteiger partial charge in [0.15, 0.2) is 0 Å². The number of rotatable bonds is 3. The summed E-state index contributed by atoms with van der Waals surface area (Å²) in [5.41, 5.74) is 1.39. The molecule has 1 aliphatic rings. The average molecular weight is 248 g/mol. The third-order valence-electron chi connectivity index (χ3n) is 3.86. The van der Waals surface area contributed by atoms with Gasteiger partial charge in [0, 0.05) is 24.8 Å². The summed E-state index contributed by atoms with van der Waals surface area (Å²) in [6.07, 6.45) is 5.40. The van der Waals surface area contributed by atoms with Gasteiger partial charge in [-0.3, -0.25) is 0 Å². The molecule has 3 nitrogen and oxygen atoms in total. The molecule has 0 aliphatic heterocycles. The Bertz CT molecular complexity index is 380. The number of aliphatic hydroxyl groups excluding tert-OH is 1. The smallest absolute Gasteiger partial charge is 0.126 e. The molecular formula is C15H24N2O. The van der Waals surface area contributed by atoms with Gasteiger partial charge in [-0.05, 0) is 29.9 Å². The Labute approximate surface area is 110 Å². The van der Waals surface area contributed by atoms with Crippen molar-refractivity contribution in [3.8, 4) is 0 Å². The van der Waals surface area contributed by atoms with Crippen molar-refractivity contribution in [3.05, 3.63) is 23.9 Å². The van der Waals surface area contributed by atoms with Gasteiger partial charge in [0.25, 0.3) is 0 Å². The molecule has 18 heavy (non-hydrogen) atoms. The molecule has 1 saturated carbocycles. The lowest BCUT2D eigenvalue weighted by molar-refractivity contribution is 0.222. The van der Waals surface area contributed by atoms with E-state index in [1.165, 1.54) is 12.0 Å². The van der Waals surface area contributed by atoms with Crippen LogP contribution in [0.4, 0.5) is 5.82 Å². The van der Waals surface area contributed by atoms with Crippen molar-refractivity contribution in [1.82, 2.24) is 4.98 Å². The van der Waals surface area contributed by atoms with Gasteiger partial charge in [-0.1, -0.05) is 33.3 Å². The zero-order valence-electron chi connectivity index (χ0n) is 11.6. The van der Waals surface area contributed by atoms with Crippen LogP contribution in [0.15, 0.2) is 18.3 Å². The molecule has 0 bridgehead atoms. The first-order chi connectivity index (χ1) is 8.50. The molecule has 0 radical (unpaired) electrons. The minimum Gasteiger partial charge on any atom is -0.396 e. The zero-order chi connectivity index (χ0) is 13.2. The summed E-state index contributed by atoms with van der Waals surface area (Å²) in [5, 5.41) is 12.8. The normalized spacial score (nSPS) is 24.2. The summed E-state index contributed by atoms with van der Waals surface area (Å²) in [7, 11) is 0. The average Bonchev–Trinajstić information content (AvgIpc) is 2.76. The van der Waals surface area contributed by atoms with E-state index >= 15 is 0 Å². The summed E-state index contributed by atoms with van der Waals surface area (Å²) < 4.78 is 0. The molecule has 1 aliphatic carbocycles. The summed E-state index contributed by atoms with van der Waals surface area (Å²) in [6, 6.07) is 4.56. The summed E-state index contributed by atoms with van der Waals surface area (Å²) in [5.74, 6) is 1.31. The molecule has 1 aromatic heterocycles. The molecule has 0 spiro atoms. The largest absolute Gasteiger partial charge is 0.396 e. The molecule has 0 amide bonds. The standard InChI is InChI=1S/C15H24N2O/c1-15(2,3)12-7-8-14(16-9-12)17-13-6-4-5-11(13)10-18/h7-9,11,13,18H,4-6,10H2,1-3H3,(H,16,17). The van der Waals surface area contributed by atoms with Crippen molar-refractivity contribution in [2.75, 3.05) is 11.9 Å². The molecule has 1 aromatic rings. The van der Waals surface area contributed by atoms with E-state index in [-0.39, 0.29) is 12.0 Å². The van der Waals surface area contributed by atoms with Gasteiger partial charge in [0.05, 0.1) is 0 Å². The number of aromatic nitrogens is 1.